The van der Waals surface area contributed by atoms with Gasteiger partial charge in [-0.15, -0.1) is 0 Å². The zero-order valence-corrected chi connectivity index (χ0v) is 22.1. The molecule has 2 aromatic rings. The normalized spacial score (nSPS) is 12.3. The summed E-state index contributed by atoms with van der Waals surface area (Å²) in [4.78, 5) is 28.0. The van der Waals surface area contributed by atoms with Crippen LogP contribution in [0.5, 0.6) is 0 Å². The Morgan fingerprint density at radius 1 is 1.00 bits per heavy atom. The van der Waals surface area contributed by atoms with Crippen LogP contribution in [-0.2, 0) is 26.2 Å². The molecule has 1 atom stereocenters. The maximum absolute atomic E-state index is 13.6. The molecular formula is C24H31Cl2N3O4S. The van der Waals surface area contributed by atoms with Gasteiger partial charge < -0.3 is 10.2 Å². The first kappa shape index (κ1) is 28.0. The molecule has 0 fully saturated rings. The van der Waals surface area contributed by atoms with Gasteiger partial charge in [0.15, 0.2) is 0 Å². The van der Waals surface area contributed by atoms with E-state index >= 15 is 0 Å². The molecule has 0 aliphatic rings. The van der Waals surface area contributed by atoms with Gasteiger partial charge in [-0.2, -0.15) is 0 Å². The number of nitrogens with one attached hydrogen (secondary N) is 1. The molecule has 10 heteroatoms. The molecule has 7 nitrogen and oxygen atoms in total. The van der Waals surface area contributed by atoms with E-state index < -0.39 is 28.5 Å². The van der Waals surface area contributed by atoms with Crippen LogP contribution in [0.2, 0.25) is 10.0 Å². The second kappa shape index (κ2) is 12.4. The molecular weight excluding hydrogens is 497 g/mol. The SMILES string of the molecule is CC[C@H](C(=O)NCC(C)C)N(Cc1ccccc1Cl)C(=O)CN(c1ccccc1Cl)S(C)(=O)=O. The summed E-state index contributed by atoms with van der Waals surface area (Å²) in [7, 11) is -3.85. The molecule has 0 heterocycles. The van der Waals surface area contributed by atoms with Gasteiger partial charge in [0.05, 0.1) is 17.0 Å². The number of halogens is 2. The van der Waals surface area contributed by atoms with E-state index in [1.165, 1.54) is 11.0 Å². The van der Waals surface area contributed by atoms with Crippen LogP contribution in [0.3, 0.4) is 0 Å². The summed E-state index contributed by atoms with van der Waals surface area (Å²) in [6, 6.07) is 12.6. The third-order valence-corrected chi connectivity index (χ3v) is 6.98. The molecule has 0 unspecified atom stereocenters. The van der Waals surface area contributed by atoms with Gasteiger partial charge in [-0.3, -0.25) is 13.9 Å². The lowest BCUT2D eigenvalue weighted by Crippen LogP contribution is -2.52. The number of carbonyl (C=O) groups is 2. The van der Waals surface area contributed by atoms with Crippen LogP contribution in [0, 0.1) is 5.92 Å². The van der Waals surface area contributed by atoms with Crippen LogP contribution < -0.4 is 9.62 Å². The van der Waals surface area contributed by atoms with E-state index in [1.807, 2.05) is 13.8 Å². The van der Waals surface area contributed by atoms with Crippen molar-refractivity contribution in [1.82, 2.24) is 10.2 Å². The Morgan fingerprint density at radius 2 is 1.59 bits per heavy atom. The van der Waals surface area contributed by atoms with Crippen LogP contribution >= 0.6 is 23.2 Å². The van der Waals surface area contributed by atoms with Gasteiger partial charge in [0.2, 0.25) is 21.8 Å². The molecule has 1 N–H and O–H groups in total. The molecule has 2 aromatic carbocycles. The highest BCUT2D eigenvalue weighted by Gasteiger charge is 2.32. The Balaban J connectivity index is 2.45. The predicted octanol–water partition coefficient (Wildman–Crippen LogP) is 4.34. The Hall–Kier alpha value is -2.29. The summed E-state index contributed by atoms with van der Waals surface area (Å²) in [5.74, 6) is -0.618. The van der Waals surface area contributed by atoms with E-state index in [0.29, 0.717) is 23.6 Å². The lowest BCUT2D eigenvalue weighted by molar-refractivity contribution is -0.140. The van der Waals surface area contributed by atoms with E-state index in [1.54, 1.807) is 49.4 Å². The summed E-state index contributed by atoms with van der Waals surface area (Å²) in [6.45, 7) is 5.74. The van der Waals surface area contributed by atoms with Gasteiger partial charge in [0, 0.05) is 18.1 Å². The summed E-state index contributed by atoms with van der Waals surface area (Å²) >= 11 is 12.6. The van der Waals surface area contributed by atoms with Crippen molar-refractivity contribution in [3.05, 3.63) is 64.1 Å². The maximum atomic E-state index is 13.6. The summed E-state index contributed by atoms with van der Waals surface area (Å²) < 4.78 is 26.2. The van der Waals surface area contributed by atoms with Gasteiger partial charge in [0.1, 0.15) is 12.6 Å². The van der Waals surface area contributed by atoms with Crippen LogP contribution in [-0.4, -0.2) is 50.5 Å². The topological polar surface area (TPSA) is 86.8 Å². The third-order valence-electron chi connectivity index (χ3n) is 5.17. The fourth-order valence-electron chi connectivity index (χ4n) is 3.40. The summed E-state index contributed by atoms with van der Waals surface area (Å²) in [6.07, 6.45) is 1.35. The average molecular weight is 529 g/mol. The van der Waals surface area contributed by atoms with E-state index in [9.17, 15) is 18.0 Å². The largest absolute Gasteiger partial charge is 0.354 e. The average Bonchev–Trinajstić information content (AvgIpc) is 2.76. The quantitative estimate of drug-likeness (QED) is 0.470. The van der Waals surface area contributed by atoms with Gasteiger partial charge >= 0.3 is 0 Å². The van der Waals surface area contributed by atoms with E-state index in [4.69, 9.17) is 23.2 Å². The number of rotatable bonds is 11. The fraction of sp³-hybridized carbons (Fsp3) is 0.417. The molecule has 186 valence electrons. The van der Waals surface area contributed by atoms with Crippen molar-refractivity contribution in [1.29, 1.82) is 0 Å². The highest BCUT2D eigenvalue weighted by molar-refractivity contribution is 7.92. The number of hydrogen-bond donors (Lipinski definition) is 1. The van der Waals surface area contributed by atoms with E-state index in [2.05, 4.69) is 5.32 Å². The maximum Gasteiger partial charge on any atom is 0.244 e. The fourth-order valence-corrected chi connectivity index (χ4v) is 4.75. The summed E-state index contributed by atoms with van der Waals surface area (Å²) in [5.41, 5.74) is 0.839. The molecule has 2 rings (SSSR count). The second-order valence-corrected chi connectivity index (χ2v) is 11.1. The van der Waals surface area contributed by atoms with Crippen molar-refractivity contribution < 1.29 is 18.0 Å². The van der Waals surface area contributed by atoms with Gasteiger partial charge in [-0.25, -0.2) is 8.42 Å². The van der Waals surface area contributed by atoms with Crippen molar-refractivity contribution in [2.24, 2.45) is 5.92 Å². The molecule has 0 bridgehead atoms. The number of nitrogens with zero attached hydrogens (tertiary/aromatic N) is 2. The Bertz CT molecular complexity index is 1110. The number of anilines is 1. The molecule has 0 aliphatic carbocycles. The molecule has 0 saturated carbocycles. The predicted molar refractivity (Wildman–Crippen MR) is 138 cm³/mol. The number of benzene rings is 2. The lowest BCUT2D eigenvalue weighted by atomic mass is 10.1. The standard InChI is InChI=1S/C24H31Cl2N3O4S/c1-5-21(24(31)27-14-17(2)3)28(15-18-10-6-7-11-19(18)25)23(30)16-29(34(4,32)33)22-13-9-8-12-20(22)26/h6-13,17,21H,5,14-16H2,1-4H3,(H,27,31)/t21-/m1/s1. The molecule has 0 aliphatic heterocycles. The van der Waals surface area contributed by atoms with Crippen molar-refractivity contribution in [3.63, 3.8) is 0 Å². The van der Waals surface area contributed by atoms with Crippen LogP contribution in [0.1, 0.15) is 32.8 Å². The summed E-state index contributed by atoms with van der Waals surface area (Å²) in [5, 5.41) is 3.52. The van der Waals surface area contributed by atoms with Crippen LogP contribution in [0.4, 0.5) is 5.69 Å². The number of hydrogen-bond acceptors (Lipinski definition) is 4. The highest BCUT2D eigenvalue weighted by atomic mass is 35.5. The minimum Gasteiger partial charge on any atom is -0.354 e. The van der Waals surface area contributed by atoms with Crippen LogP contribution in [0.15, 0.2) is 48.5 Å². The monoisotopic (exact) mass is 527 g/mol. The van der Waals surface area contributed by atoms with Crippen molar-refractivity contribution >= 4 is 50.7 Å². The Labute approximate surface area is 212 Å². The van der Waals surface area contributed by atoms with Crippen molar-refractivity contribution in [2.75, 3.05) is 23.7 Å². The van der Waals surface area contributed by atoms with Crippen molar-refractivity contribution in [2.45, 2.75) is 39.8 Å². The molecule has 0 radical (unpaired) electrons. The molecule has 0 spiro atoms. The number of sulfonamides is 1. The smallest absolute Gasteiger partial charge is 0.244 e. The Kier molecular flexibility index (Phi) is 10.2. The number of carbonyl (C=O) groups excluding carboxylic acids is 2. The van der Waals surface area contributed by atoms with Gasteiger partial charge in [0.25, 0.3) is 0 Å². The molecule has 0 aromatic heterocycles. The number of amides is 2. The Morgan fingerprint density at radius 3 is 2.12 bits per heavy atom. The zero-order valence-electron chi connectivity index (χ0n) is 19.8. The van der Waals surface area contributed by atoms with Crippen LogP contribution in [0.25, 0.3) is 0 Å². The van der Waals surface area contributed by atoms with E-state index in [0.717, 1.165) is 10.6 Å². The first-order valence-electron chi connectivity index (χ1n) is 11.0. The molecule has 2 amide bonds. The highest BCUT2D eigenvalue weighted by Crippen LogP contribution is 2.28. The second-order valence-electron chi connectivity index (χ2n) is 8.40. The minimum atomic E-state index is -3.85. The number of para-hydroxylation sites is 1. The third kappa shape index (κ3) is 7.61. The minimum absolute atomic E-state index is 0.0479. The van der Waals surface area contributed by atoms with E-state index in [-0.39, 0.29) is 29.1 Å². The first-order valence-corrected chi connectivity index (χ1v) is 13.6. The first-order chi connectivity index (χ1) is 16.0. The van der Waals surface area contributed by atoms with Gasteiger partial charge in [-0.1, -0.05) is 74.3 Å². The zero-order chi connectivity index (χ0) is 25.5. The van der Waals surface area contributed by atoms with Crippen molar-refractivity contribution in [3.8, 4) is 0 Å². The molecule has 34 heavy (non-hydrogen) atoms. The van der Waals surface area contributed by atoms with Gasteiger partial charge in [-0.05, 0) is 36.1 Å². The lowest BCUT2D eigenvalue weighted by Gasteiger charge is -2.33. The molecule has 0 saturated heterocycles.